The third-order valence-corrected chi connectivity index (χ3v) is 7.00. The molecule has 29 heavy (non-hydrogen) atoms. The van der Waals surface area contributed by atoms with E-state index >= 15 is 0 Å². The summed E-state index contributed by atoms with van der Waals surface area (Å²) in [4.78, 5) is 6.80. The molecule has 1 aliphatic rings. The molecule has 1 fully saturated rings. The van der Waals surface area contributed by atoms with E-state index in [1.807, 2.05) is 34.9 Å². The first-order chi connectivity index (χ1) is 13.9. The number of sulfone groups is 1. The summed E-state index contributed by atoms with van der Waals surface area (Å²) in [5, 5.41) is 0.186. The van der Waals surface area contributed by atoms with Crippen molar-refractivity contribution in [2.45, 2.75) is 63.2 Å². The van der Waals surface area contributed by atoms with Crippen molar-refractivity contribution in [1.29, 1.82) is 0 Å². The number of aromatic nitrogens is 2. The van der Waals surface area contributed by atoms with E-state index in [1.165, 1.54) is 6.42 Å². The smallest absolute Gasteiger partial charge is 0.228 e. The monoisotopic (exact) mass is 419 g/mol. The number of nitrogens with zero attached hydrogens (tertiary/aromatic N) is 3. The quantitative estimate of drug-likeness (QED) is 0.622. The molecule has 0 aliphatic carbocycles. The maximum Gasteiger partial charge on any atom is 0.228 e. The van der Waals surface area contributed by atoms with Crippen LogP contribution in [0.25, 0.3) is 0 Å². The van der Waals surface area contributed by atoms with Crippen LogP contribution in [0.15, 0.2) is 41.7 Å². The van der Waals surface area contributed by atoms with Crippen LogP contribution in [-0.2, 0) is 33.4 Å². The van der Waals surface area contributed by atoms with E-state index in [2.05, 4.69) is 23.7 Å². The lowest BCUT2D eigenvalue weighted by Crippen LogP contribution is -2.42. The van der Waals surface area contributed by atoms with Crippen LogP contribution >= 0.6 is 0 Å². The Morgan fingerprint density at radius 3 is 2.66 bits per heavy atom. The zero-order valence-corrected chi connectivity index (χ0v) is 18.6. The van der Waals surface area contributed by atoms with E-state index in [9.17, 15) is 8.42 Å². The Kier molecular flexibility index (Phi) is 7.49. The van der Waals surface area contributed by atoms with Crippen molar-refractivity contribution in [2.24, 2.45) is 5.92 Å². The average Bonchev–Trinajstić information content (AvgIpc) is 3.06. The highest BCUT2D eigenvalue weighted by molar-refractivity contribution is 7.90. The van der Waals surface area contributed by atoms with E-state index < -0.39 is 9.84 Å². The van der Waals surface area contributed by atoms with Gasteiger partial charge >= 0.3 is 0 Å². The third-order valence-electron chi connectivity index (χ3n) is 5.40. The number of hydrogen-bond donors (Lipinski definition) is 0. The first-order valence-electron chi connectivity index (χ1n) is 10.4. The number of benzene rings is 1. The molecule has 1 aromatic heterocycles. The first-order valence-corrected chi connectivity index (χ1v) is 12.1. The van der Waals surface area contributed by atoms with E-state index in [1.54, 1.807) is 13.3 Å². The summed E-state index contributed by atoms with van der Waals surface area (Å²) < 4.78 is 33.6. The molecule has 0 amide bonds. The van der Waals surface area contributed by atoms with E-state index in [-0.39, 0.29) is 10.9 Å². The normalized spacial score (nSPS) is 18.4. The molecule has 7 heteroatoms. The largest absolute Gasteiger partial charge is 0.383 e. The molecule has 3 rings (SSSR count). The molecule has 2 heterocycles. The van der Waals surface area contributed by atoms with Crippen LogP contribution in [0.1, 0.15) is 44.4 Å². The fourth-order valence-electron chi connectivity index (χ4n) is 4.04. The number of rotatable bonds is 9. The second kappa shape index (κ2) is 9.87. The summed E-state index contributed by atoms with van der Waals surface area (Å²) in [6.45, 7) is 7.26. The Labute approximate surface area is 174 Å². The van der Waals surface area contributed by atoms with Crippen LogP contribution in [0.3, 0.4) is 0 Å². The van der Waals surface area contributed by atoms with Gasteiger partial charge in [0.25, 0.3) is 0 Å². The molecule has 0 radical (unpaired) electrons. The molecule has 0 spiro atoms. The van der Waals surface area contributed by atoms with E-state index in [0.717, 1.165) is 30.6 Å². The summed E-state index contributed by atoms with van der Waals surface area (Å²) in [5.41, 5.74) is 1.75. The van der Waals surface area contributed by atoms with Crippen molar-refractivity contribution in [3.63, 3.8) is 0 Å². The molecule has 6 nitrogen and oxygen atoms in total. The first kappa shape index (κ1) is 22.0. The van der Waals surface area contributed by atoms with Gasteiger partial charge in [-0.15, -0.1) is 0 Å². The van der Waals surface area contributed by atoms with Gasteiger partial charge in [-0.05, 0) is 30.9 Å². The minimum Gasteiger partial charge on any atom is -0.383 e. The fourth-order valence-corrected chi connectivity index (χ4v) is 5.54. The van der Waals surface area contributed by atoms with E-state index in [4.69, 9.17) is 4.74 Å². The van der Waals surface area contributed by atoms with Crippen molar-refractivity contribution in [1.82, 2.24) is 14.5 Å². The van der Waals surface area contributed by atoms with Gasteiger partial charge in [0.15, 0.2) is 0 Å². The van der Waals surface area contributed by atoms with Gasteiger partial charge in [-0.1, -0.05) is 50.6 Å². The predicted octanol–water partition coefficient (Wildman–Crippen LogP) is 3.51. The Morgan fingerprint density at radius 2 is 1.97 bits per heavy atom. The molecule has 1 saturated heterocycles. The molecule has 0 saturated carbocycles. The molecule has 1 aliphatic heterocycles. The van der Waals surface area contributed by atoms with Crippen molar-refractivity contribution in [3.8, 4) is 0 Å². The van der Waals surface area contributed by atoms with Crippen LogP contribution < -0.4 is 0 Å². The Bertz CT molecular complexity index is 876. The maximum absolute atomic E-state index is 13.2. The van der Waals surface area contributed by atoms with Crippen molar-refractivity contribution in [3.05, 3.63) is 47.8 Å². The minimum atomic E-state index is -3.52. The number of methoxy groups -OCH3 is 1. The second-order valence-electron chi connectivity index (χ2n) is 8.36. The van der Waals surface area contributed by atoms with Gasteiger partial charge in [0.05, 0.1) is 24.3 Å². The molecule has 0 N–H and O–H groups in total. The topological polar surface area (TPSA) is 64.4 Å². The van der Waals surface area contributed by atoms with Gasteiger partial charge in [-0.2, -0.15) is 0 Å². The second-order valence-corrected chi connectivity index (χ2v) is 10.2. The lowest BCUT2D eigenvalue weighted by Gasteiger charge is -2.35. The van der Waals surface area contributed by atoms with Gasteiger partial charge < -0.3 is 9.30 Å². The number of hydrogen-bond acceptors (Lipinski definition) is 5. The van der Waals surface area contributed by atoms with Gasteiger partial charge in [0.2, 0.25) is 15.0 Å². The van der Waals surface area contributed by atoms with Crippen LogP contribution in [0.5, 0.6) is 0 Å². The predicted molar refractivity (Wildman–Crippen MR) is 114 cm³/mol. The maximum atomic E-state index is 13.2. The molecular formula is C22H33N3O3S. The third kappa shape index (κ3) is 5.68. The summed E-state index contributed by atoms with van der Waals surface area (Å²) in [7, 11) is -1.78. The highest BCUT2D eigenvalue weighted by atomic mass is 32.2. The Morgan fingerprint density at radius 1 is 1.21 bits per heavy atom. The number of likely N-dealkylation sites (tertiary alicyclic amines) is 1. The molecule has 1 atom stereocenters. The fraction of sp³-hybridized carbons (Fsp3) is 0.591. The highest BCUT2D eigenvalue weighted by Gasteiger charge is 2.27. The molecule has 0 unspecified atom stereocenters. The number of piperidine rings is 1. The Hall–Kier alpha value is -1.70. The van der Waals surface area contributed by atoms with Gasteiger partial charge in [0.1, 0.15) is 0 Å². The lowest BCUT2D eigenvalue weighted by atomic mass is 10.0. The number of ether oxygens (including phenoxy) is 1. The lowest BCUT2D eigenvalue weighted by molar-refractivity contribution is 0.0582. The van der Waals surface area contributed by atoms with Crippen LogP contribution in [-0.4, -0.2) is 49.2 Å². The van der Waals surface area contributed by atoms with Gasteiger partial charge in [-0.25, -0.2) is 13.4 Å². The van der Waals surface area contributed by atoms with Crippen LogP contribution in [0, 0.1) is 5.92 Å². The van der Waals surface area contributed by atoms with E-state index in [0.29, 0.717) is 31.7 Å². The van der Waals surface area contributed by atoms with Crippen molar-refractivity contribution in [2.75, 3.05) is 20.3 Å². The van der Waals surface area contributed by atoms with Crippen molar-refractivity contribution >= 4 is 9.84 Å². The Balaban J connectivity index is 1.88. The molecule has 1 aromatic carbocycles. The summed E-state index contributed by atoms with van der Waals surface area (Å²) >= 11 is 0. The molecule has 0 bridgehead atoms. The molecule has 160 valence electrons. The molecular weight excluding hydrogens is 386 g/mol. The summed E-state index contributed by atoms with van der Waals surface area (Å²) in [6.07, 6.45) is 5.24. The van der Waals surface area contributed by atoms with Crippen molar-refractivity contribution < 1.29 is 13.2 Å². The van der Waals surface area contributed by atoms with Crippen LogP contribution in [0.4, 0.5) is 0 Å². The number of imidazole rings is 1. The zero-order valence-electron chi connectivity index (χ0n) is 17.8. The zero-order chi connectivity index (χ0) is 20.9. The van der Waals surface area contributed by atoms with Crippen LogP contribution in [0.2, 0.25) is 0 Å². The highest BCUT2D eigenvalue weighted by Crippen LogP contribution is 2.23. The van der Waals surface area contributed by atoms with Gasteiger partial charge in [-0.3, -0.25) is 4.90 Å². The summed E-state index contributed by atoms with van der Waals surface area (Å²) in [5.74, 6) is 0.294. The SMILES string of the molecule is COC[C@H]1CCCCN1Cc1cnc(S(=O)(=O)Cc2ccccc2)n1CC(C)C. The standard InChI is InChI=1S/C22H33N3O3S/c1-18(2)14-25-21(15-24-12-8-7-11-20(24)16-28-3)13-23-22(25)29(26,27)17-19-9-5-4-6-10-19/h4-6,9-10,13,18,20H,7-8,11-12,14-17H2,1-3H3/t20-/m1/s1. The summed E-state index contributed by atoms with van der Waals surface area (Å²) in [6, 6.07) is 9.68. The minimum absolute atomic E-state index is 0.0294. The average molecular weight is 420 g/mol. The molecule has 2 aromatic rings. The van der Waals surface area contributed by atoms with Gasteiger partial charge in [0, 0.05) is 26.2 Å².